The number of benzene rings is 1. The Bertz CT molecular complexity index is 479. The zero-order valence-electron chi connectivity index (χ0n) is 8.44. The van der Waals surface area contributed by atoms with Crippen LogP contribution >= 0.6 is 0 Å². The molecule has 0 aliphatic heterocycles. The van der Waals surface area contributed by atoms with Gasteiger partial charge in [-0.1, -0.05) is 30.3 Å². The van der Waals surface area contributed by atoms with Crippen molar-refractivity contribution in [2.75, 3.05) is 0 Å². The number of nitrogens with one attached hydrogen (secondary N) is 1. The van der Waals surface area contributed by atoms with Crippen LogP contribution in [0.2, 0.25) is 0 Å². The third kappa shape index (κ3) is 2.28. The molecule has 0 saturated heterocycles. The van der Waals surface area contributed by atoms with E-state index < -0.39 is 11.8 Å². The normalized spacial score (nSPS) is 10.1. The standard InChI is InChI=1S/C12H10FNO2/c13-10-6-7-14-11(10)12(15)16-8-9-4-2-1-3-5-9/h1-7,14H,8H2. The van der Waals surface area contributed by atoms with Gasteiger partial charge >= 0.3 is 5.97 Å². The highest BCUT2D eigenvalue weighted by Gasteiger charge is 2.13. The smallest absolute Gasteiger partial charge is 0.358 e. The molecule has 0 radical (unpaired) electrons. The number of rotatable bonds is 3. The number of ether oxygens (including phenoxy) is 1. The number of aromatic nitrogens is 1. The molecular formula is C12H10FNO2. The van der Waals surface area contributed by atoms with E-state index in [9.17, 15) is 9.18 Å². The summed E-state index contributed by atoms with van der Waals surface area (Å²) in [6, 6.07) is 10.4. The Hall–Kier alpha value is -2.10. The summed E-state index contributed by atoms with van der Waals surface area (Å²) in [6.07, 6.45) is 1.36. The average Bonchev–Trinajstić information content (AvgIpc) is 2.74. The summed E-state index contributed by atoms with van der Waals surface area (Å²) in [4.78, 5) is 13.9. The average molecular weight is 219 g/mol. The molecule has 0 aliphatic rings. The molecule has 0 unspecified atom stereocenters. The van der Waals surface area contributed by atoms with Gasteiger partial charge in [0.15, 0.2) is 11.5 Å². The van der Waals surface area contributed by atoms with Crippen molar-refractivity contribution < 1.29 is 13.9 Å². The second-order valence-electron chi connectivity index (χ2n) is 3.26. The minimum atomic E-state index is -0.689. The van der Waals surface area contributed by atoms with Crippen LogP contribution in [0.3, 0.4) is 0 Å². The fourth-order valence-corrected chi connectivity index (χ4v) is 1.30. The van der Waals surface area contributed by atoms with E-state index in [1.807, 2.05) is 30.3 Å². The van der Waals surface area contributed by atoms with Crippen molar-refractivity contribution in [3.63, 3.8) is 0 Å². The molecule has 2 rings (SSSR count). The monoisotopic (exact) mass is 219 g/mol. The highest BCUT2D eigenvalue weighted by Crippen LogP contribution is 2.08. The van der Waals surface area contributed by atoms with Crippen LogP contribution < -0.4 is 0 Å². The van der Waals surface area contributed by atoms with Crippen LogP contribution in [-0.4, -0.2) is 11.0 Å². The highest BCUT2D eigenvalue weighted by molar-refractivity contribution is 5.87. The van der Waals surface area contributed by atoms with E-state index in [-0.39, 0.29) is 12.3 Å². The SMILES string of the molecule is O=C(OCc1ccccc1)c1[nH]ccc1F. The Morgan fingerprint density at radius 2 is 2.00 bits per heavy atom. The molecular weight excluding hydrogens is 209 g/mol. The predicted octanol–water partition coefficient (Wildman–Crippen LogP) is 2.51. The van der Waals surface area contributed by atoms with Crippen molar-refractivity contribution >= 4 is 5.97 Å². The van der Waals surface area contributed by atoms with E-state index in [4.69, 9.17) is 4.74 Å². The number of hydrogen-bond acceptors (Lipinski definition) is 2. The van der Waals surface area contributed by atoms with Gasteiger partial charge in [0, 0.05) is 6.20 Å². The van der Waals surface area contributed by atoms with Gasteiger partial charge in [0.05, 0.1) is 0 Å². The Balaban J connectivity index is 1.97. The topological polar surface area (TPSA) is 42.1 Å². The van der Waals surface area contributed by atoms with Gasteiger partial charge in [-0.2, -0.15) is 0 Å². The molecule has 4 heteroatoms. The number of carbonyl (C=O) groups is 1. The lowest BCUT2D eigenvalue weighted by atomic mass is 10.2. The molecule has 0 saturated carbocycles. The summed E-state index contributed by atoms with van der Waals surface area (Å²) in [7, 11) is 0. The van der Waals surface area contributed by atoms with E-state index >= 15 is 0 Å². The molecule has 2 aromatic rings. The van der Waals surface area contributed by atoms with E-state index in [1.54, 1.807) is 0 Å². The van der Waals surface area contributed by atoms with Crippen molar-refractivity contribution in [1.29, 1.82) is 0 Å². The molecule has 1 aromatic carbocycles. The Morgan fingerprint density at radius 1 is 1.25 bits per heavy atom. The number of aromatic amines is 1. The zero-order valence-corrected chi connectivity index (χ0v) is 8.44. The number of carbonyl (C=O) groups excluding carboxylic acids is 1. The highest BCUT2D eigenvalue weighted by atomic mass is 19.1. The molecule has 3 nitrogen and oxygen atoms in total. The van der Waals surface area contributed by atoms with E-state index in [0.29, 0.717) is 0 Å². The first kappa shape index (κ1) is 10.4. The fraction of sp³-hybridized carbons (Fsp3) is 0.0833. The maximum atomic E-state index is 13.0. The van der Waals surface area contributed by atoms with Crippen LogP contribution in [0.4, 0.5) is 4.39 Å². The van der Waals surface area contributed by atoms with Crippen LogP contribution in [-0.2, 0) is 11.3 Å². The second kappa shape index (κ2) is 4.61. The first-order chi connectivity index (χ1) is 7.77. The summed E-state index contributed by atoms with van der Waals surface area (Å²) < 4.78 is 17.9. The van der Waals surface area contributed by atoms with Gasteiger partial charge in [-0.3, -0.25) is 0 Å². The Kier molecular flexibility index (Phi) is 3.00. The van der Waals surface area contributed by atoms with Gasteiger partial charge in [-0.25, -0.2) is 9.18 Å². The van der Waals surface area contributed by atoms with Gasteiger partial charge in [-0.15, -0.1) is 0 Å². The molecule has 0 spiro atoms. The molecule has 82 valence electrons. The maximum Gasteiger partial charge on any atom is 0.358 e. The quantitative estimate of drug-likeness (QED) is 0.806. The van der Waals surface area contributed by atoms with Crippen LogP contribution in [0.1, 0.15) is 16.1 Å². The third-order valence-corrected chi connectivity index (χ3v) is 2.11. The van der Waals surface area contributed by atoms with E-state index in [1.165, 1.54) is 12.3 Å². The van der Waals surface area contributed by atoms with E-state index in [2.05, 4.69) is 4.98 Å². The van der Waals surface area contributed by atoms with Gasteiger partial charge in [0.2, 0.25) is 0 Å². The van der Waals surface area contributed by atoms with Gasteiger partial charge in [0.25, 0.3) is 0 Å². The van der Waals surface area contributed by atoms with Gasteiger partial charge < -0.3 is 9.72 Å². The summed E-state index contributed by atoms with van der Waals surface area (Å²) in [5.74, 6) is -1.29. The molecule has 1 N–H and O–H groups in total. The van der Waals surface area contributed by atoms with Crippen LogP contribution in [0, 0.1) is 5.82 Å². The molecule has 0 aliphatic carbocycles. The number of hydrogen-bond donors (Lipinski definition) is 1. The van der Waals surface area contributed by atoms with Crippen molar-refractivity contribution in [3.05, 3.63) is 59.7 Å². The lowest BCUT2D eigenvalue weighted by Gasteiger charge is -2.03. The first-order valence-electron chi connectivity index (χ1n) is 4.81. The molecule has 1 heterocycles. The summed E-state index contributed by atoms with van der Waals surface area (Å²) >= 11 is 0. The molecule has 0 bridgehead atoms. The number of esters is 1. The summed E-state index contributed by atoms with van der Waals surface area (Å²) in [6.45, 7) is 0.137. The zero-order chi connectivity index (χ0) is 11.4. The van der Waals surface area contributed by atoms with Crippen LogP contribution in [0.25, 0.3) is 0 Å². The Labute approximate surface area is 91.9 Å². The van der Waals surface area contributed by atoms with Crippen LogP contribution in [0.5, 0.6) is 0 Å². The number of H-pyrrole nitrogens is 1. The molecule has 0 amide bonds. The fourth-order valence-electron chi connectivity index (χ4n) is 1.30. The lowest BCUT2D eigenvalue weighted by molar-refractivity contribution is 0.0461. The lowest BCUT2D eigenvalue weighted by Crippen LogP contribution is -2.07. The predicted molar refractivity (Wildman–Crippen MR) is 56.3 cm³/mol. The van der Waals surface area contributed by atoms with Crippen molar-refractivity contribution in [2.24, 2.45) is 0 Å². The van der Waals surface area contributed by atoms with E-state index in [0.717, 1.165) is 5.56 Å². The molecule has 0 fully saturated rings. The van der Waals surface area contributed by atoms with Gasteiger partial charge in [0.1, 0.15) is 6.61 Å². The maximum absolute atomic E-state index is 13.0. The first-order valence-corrected chi connectivity index (χ1v) is 4.81. The minimum absolute atomic E-state index is 0.137. The molecule has 0 atom stereocenters. The van der Waals surface area contributed by atoms with Gasteiger partial charge in [-0.05, 0) is 11.6 Å². The molecule has 16 heavy (non-hydrogen) atoms. The second-order valence-corrected chi connectivity index (χ2v) is 3.26. The third-order valence-electron chi connectivity index (χ3n) is 2.11. The van der Waals surface area contributed by atoms with Crippen molar-refractivity contribution in [2.45, 2.75) is 6.61 Å². The molecule has 1 aromatic heterocycles. The van der Waals surface area contributed by atoms with Crippen molar-refractivity contribution in [1.82, 2.24) is 4.98 Å². The summed E-state index contributed by atoms with van der Waals surface area (Å²) in [5.41, 5.74) is 0.721. The number of halogens is 1. The minimum Gasteiger partial charge on any atom is -0.456 e. The summed E-state index contributed by atoms with van der Waals surface area (Å²) in [5, 5.41) is 0. The van der Waals surface area contributed by atoms with Crippen molar-refractivity contribution in [3.8, 4) is 0 Å². The Morgan fingerprint density at radius 3 is 2.62 bits per heavy atom. The van der Waals surface area contributed by atoms with Crippen LogP contribution in [0.15, 0.2) is 42.6 Å². The largest absolute Gasteiger partial charge is 0.456 e.